The molecule has 23 heavy (non-hydrogen) atoms. The smallest absolute Gasteiger partial charge is 0.224 e. The first kappa shape index (κ1) is 16.8. The first-order valence-corrected chi connectivity index (χ1v) is 7.45. The van der Waals surface area contributed by atoms with Gasteiger partial charge in [0.25, 0.3) is 0 Å². The van der Waals surface area contributed by atoms with Crippen LogP contribution in [0.1, 0.15) is 18.9 Å². The standard InChI is InChI=1S/C18H21FN2O2/c1-12(8-13-4-3-5-14(19)10-13)9-18(22)21-17-11-15(23-2)6-7-16(17)20/h3-7,10-12H,8-9,20H2,1-2H3,(H,21,22). The van der Waals surface area contributed by atoms with Crippen LogP contribution in [0.2, 0.25) is 0 Å². The van der Waals surface area contributed by atoms with Crippen LogP contribution in [0.25, 0.3) is 0 Å². The van der Waals surface area contributed by atoms with Crippen molar-refractivity contribution in [3.63, 3.8) is 0 Å². The maximum atomic E-state index is 13.2. The van der Waals surface area contributed by atoms with Crippen LogP contribution in [0.3, 0.4) is 0 Å². The molecule has 0 aliphatic carbocycles. The van der Waals surface area contributed by atoms with Gasteiger partial charge in [-0.15, -0.1) is 0 Å². The van der Waals surface area contributed by atoms with E-state index in [4.69, 9.17) is 10.5 Å². The zero-order valence-electron chi connectivity index (χ0n) is 13.3. The van der Waals surface area contributed by atoms with Crippen LogP contribution in [0.4, 0.5) is 15.8 Å². The van der Waals surface area contributed by atoms with E-state index in [0.717, 1.165) is 5.56 Å². The molecular formula is C18H21FN2O2. The number of halogens is 1. The minimum absolute atomic E-state index is 0.0867. The molecule has 0 heterocycles. The average Bonchev–Trinajstić information content (AvgIpc) is 2.49. The third kappa shape index (κ3) is 4.98. The largest absolute Gasteiger partial charge is 0.497 e. The van der Waals surface area contributed by atoms with E-state index in [2.05, 4.69) is 5.32 Å². The molecule has 0 bridgehead atoms. The molecule has 4 nitrogen and oxygen atoms in total. The van der Waals surface area contributed by atoms with Gasteiger partial charge < -0.3 is 15.8 Å². The van der Waals surface area contributed by atoms with Crippen molar-refractivity contribution in [2.45, 2.75) is 19.8 Å². The van der Waals surface area contributed by atoms with Gasteiger partial charge in [-0.2, -0.15) is 0 Å². The Bertz CT molecular complexity index is 688. The maximum Gasteiger partial charge on any atom is 0.224 e. The van der Waals surface area contributed by atoms with Crippen LogP contribution in [-0.4, -0.2) is 13.0 Å². The second-order valence-corrected chi connectivity index (χ2v) is 5.64. The molecule has 0 aromatic heterocycles. The van der Waals surface area contributed by atoms with Crippen molar-refractivity contribution in [2.24, 2.45) is 5.92 Å². The molecule has 3 N–H and O–H groups in total. The number of ether oxygens (including phenoxy) is 1. The molecule has 1 amide bonds. The van der Waals surface area contributed by atoms with Crippen LogP contribution in [0, 0.1) is 11.7 Å². The number of methoxy groups -OCH3 is 1. The highest BCUT2D eigenvalue weighted by molar-refractivity contribution is 5.94. The van der Waals surface area contributed by atoms with E-state index in [1.807, 2.05) is 13.0 Å². The number of carbonyl (C=O) groups excluding carboxylic acids is 1. The molecule has 0 saturated heterocycles. The summed E-state index contributed by atoms with van der Waals surface area (Å²) in [6.45, 7) is 1.96. The monoisotopic (exact) mass is 316 g/mol. The fraction of sp³-hybridized carbons (Fsp3) is 0.278. The lowest BCUT2D eigenvalue weighted by atomic mass is 9.97. The van der Waals surface area contributed by atoms with Crippen LogP contribution in [0.5, 0.6) is 5.75 Å². The number of amides is 1. The van der Waals surface area contributed by atoms with Crippen molar-refractivity contribution in [3.05, 3.63) is 53.8 Å². The normalized spacial score (nSPS) is 11.8. The van der Waals surface area contributed by atoms with Crippen LogP contribution in [-0.2, 0) is 11.2 Å². The van der Waals surface area contributed by atoms with Crippen LogP contribution in [0.15, 0.2) is 42.5 Å². The number of anilines is 2. The SMILES string of the molecule is COc1ccc(N)c(NC(=O)CC(C)Cc2cccc(F)c2)c1. The maximum absolute atomic E-state index is 13.2. The summed E-state index contributed by atoms with van der Waals surface area (Å²) in [6.07, 6.45) is 0.964. The number of rotatable bonds is 6. The third-order valence-electron chi connectivity index (χ3n) is 3.54. The number of hydrogen-bond acceptors (Lipinski definition) is 3. The molecule has 1 unspecified atom stereocenters. The van der Waals surface area contributed by atoms with Gasteiger partial charge in [0, 0.05) is 12.5 Å². The van der Waals surface area contributed by atoms with Gasteiger partial charge in [-0.05, 0) is 42.2 Å². The lowest BCUT2D eigenvalue weighted by molar-refractivity contribution is -0.116. The first-order chi connectivity index (χ1) is 11.0. The van der Waals surface area contributed by atoms with E-state index in [-0.39, 0.29) is 17.6 Å². The molecule has 2 aromatic carbocycles. The van der Waals surface area contributed by atoms with Crippen molar-refractivity contribution < 1.29 is 13.9 Å². The number of benzene rings is 2. The Morgan fingerprint density at radius 3 is 2.78 bits per heavy atom. The molecule has 0 fully saturated rings. The lowest BCUT2D eigenvalue weighted by Gasteiger charge is -2.13. The van der Waals surface area contributed by atoms with Gasteiger partial charge in [0.2, 0.25) is 5.91 Å². The molecular weight excluding hydrogens is 295 g/mol. The molecule has 2 rings (SSSR count). The number of hydrogen-bond donors (Lipinski definition) is 2. The van der Waals surface area contributed by atoms with Crippen molar-refractivity contribution in [3.8, 4) is 5.75 Å². The summed E-state index contributed by atoms with van der Waals surface area (Å²) in [7, 11) is 1.55. The van der Waals surface area contributed by atoms with E-state index in [9.17, 15) is 9.18 Å². The summed E-state index contributed by atoms with van der Waals surface area (Å²) in [5.74, 6) is 0.322. The molecule has 0 aliphatic heterocycles. The highest BCUT2D eigenvalue weighted by atomic mass is 19.1. The van der Waals surface area contributed by atoms with Crippen LogP contribution < -0.4 is 15.8 Å². The summed E-state index contributed by atoms with van der Waals surface area (Å²) < 4.78 is 18.3. The number of nitrogen functional groups attached to an aromatic ring is 1. The second kappa shape index (κ2) is 7.63. The van der Waals surface area contributed by atoms with Crippen molar-refractivity contribution in [1.29, 1.82) is 0 Å². The molecule has 0 aliphatic rings. The molecule has 5 heteroatoms. The predicted octanol–water partition coefficient (Wildman–Crippen LogP) is 3.62. The molecule has 0 spiro atoms. The topological polar surface area (TPSA) is 64.3 Å². The Labute approximate surface area is 135 Å². The number of nitrogens with one attached hydrogen (secondary N) is 1. The van der Waals surface area contributed by atoms with Crippen molar-refractivity contribution in [1.82, 2.24) is 0 Å². The van der Waals surface area contributed by atoms with Crippen molar-refractivity contribution in [2.75, 3.05) is 18.2 Å². The quantitative estimate of drug-likeness (QED) is 0.800. The van der Waals surface area contributed by atoms with Gasteiger partial charge in [-0.3, -0.25) is 4.79 Å². The summed E-state index contributed by atoms with van der Waals surface area (Å²) in [5, 5.41) is 2.79. The number of nitrogens with two attached hydrogens (primary N) is 1. The Morgan fingerprint density at radius 2 is 2.09 bits per heavy atom. The molecule has 122 valence electrons. The molecule has 2 aromatic rings. The summed E-state index contributed by atoms with van der Waals surface area (Å²) >= 11 is 0. The van der Waals surface area contributed by atoms with Crippen LogP contribution >= 0.6 is 0 Å². The van der Waals surface area contributed by atoms with Gasteiger partial charge in [0.15, 0.2) is 0 Å². The molecule has 1 atom stereocenters. The first-order valence-electron chi connectivity index (χ1n) is 7.45. The summed E-state index contributed by atoms with van der Waals surface area (Å²) in [5.41, 5.74) is 7.75. The van der Waals surface area contributed by atoms with E-state index in [0.29, 0.717) is 30.0 Å². The van der Waals surface area contributed by atoms with E-state index >= 15 is 0 Å². The van der Waals surface area contributed by atoms with Crippen molar-refractivity contribution >= 4 is 17.3 Å². The van der Waals surface area contributed by atoms with Gasteiger partial charge >= 0.3 is 0 Å². The average molecular weight is 316 g/mol. The summed E-state index contributed by atoms with van der Waals surface area (Å²) in [6, 6.07) is 11.5. The third-order valence-corrected chi connectivity index (χ3v) is 3.54. The van der Waals surface area contributed by atoms with E-state index in [1.165, 1.54) is 12.1 Å². The fourth-order valence-corrected chi connectivity index (χ4v) is 2.43. The highest BCUT2D eigenvalue weighted by Gasteiger charge is 2.12. The Morgan fingerprint density at radius 1 is 1.30 bits per heavy atom. The zero-order chi connectivity index (χ0) is 16.8. The van der Waals surface area contributed by atoms with Gasteiger partial charge in [0.1, 0.15) is 11.6 Å². The van der Waals surface area contributed by atoms with Gasteiger partial charge in [0.05, 0.1) is 18.5 Å². The minimum Gasteiger partial charge on any atom is -0.497 e. The Kier molecular flexibility index (Phi) is 5.57. The molecule has 0 saturated carbocycles. The summed E-state index contributed by atoms with van der Waals surface area (Å²) in [4.78, 5) is 12.2. The minimum atomic E-state index is -0.261. The van der Waals surface area contributed by atoms with E-state index in [1.54, 1.807) is 31.4 Å². The lowest BCUT2D eigenvalue weighted by Crippen LogP contribution is -2.17. The highest BCUT2D eigenvalue weighted by Crippen LogP contribution is 2.25. The second-order valence-electron chi connectivity index (χ2n) is 5.64. The van der Waals surface area contributed by atoms with Gasteiger partial charge in [-0.1, -0.05) is 19.1 Å². The Hall–Kier alpha value is -2.56. The fourth-order valence-electron chi connectivity index (χ4n) is 2.43. The molecule has 0 radical (unpaired) electrons. The van der Waals surface area contributed by atoms with E-state index < -0.39 is 0 Å². The Balaban J connectivity index is 1.94. The number of carbonyl (C=O) groups is 1. The predicted molar refractivity (Wildman–Crippen MR) is 89.9 cm³/mol. The van der Waals surface area contributed by atoms with Gasteiger partial charge in [-0.25, -0.2) is 4.39 Å². The zero-order valence-corrected chi connectivity index (χ0v) is 13.3.